The van der Waals surface area contributed by atoms with Crippen molar-refractivity contribution in [3.8, 4) is 0 Å². The summed E-state index contributed by atoms with van der Waals surface area (Å²) in [6.07, 6.45) is 1.59. The molecule has 1 saturated heterocycles. The third-order valence-electron chi connectivity index (χ3n) is 4.47. The van der Waals surface area contributed by atoms with E-state index in [0.717, 1.165) is 16.9 Å². The molecule has 2 aromatic rings. The summed E-state index contributed by atoms with van der Waals surface area (Å²) >= 11 is 1.16. The molecule has 9 heteroatoms. The van der Waals surface area contributed by atoms with Gasteiger partial charge in [-0.3, -0.25) is 14.4 Å². The number of amides is 2. The summed E-state index contributed by atoms with van der Waals surface area (Å²) in [7, 11) is 1.55. The number of thiophene rings is 1. The predicted octanol–water partition coefficient (Wildman–Crippen LogP) is 2.61. The van der Waals surface area contributed by atoms with E-state index in [0.29, 0.717) is 22.8 Å². The van der Waals surface area contributed by atoms with Crippen LogP contribution in [-0.4, -0.2) is 53.6 Å². The Hall–Kier alpha value is -2.65. The van der Waals surface area contributed by atoms with E-state index in [1.807, 2.05) is 0 Å². The summed E-state index contributed by atoms with van der Waals surface area (Å²) in [5.41, 5.74) is 0.717. The highest BCUT2D eigenvalue weighted by atomic mass is 32.1. The van der Waals surface area contributed by atoms with Crippen molar-refractivity contribution in [2.45, 2.75) is 31.9 Å². The molecule has 2 amide bonds. The molecule has 0 aromatic carbocycles. The van der Waals surface area contributed by atoms with E-state index in [9.17, 15) is 14.4 Å². The fourth-order valence-corrected chi connectivity index (χ4v) is 4.18. The molecular weight excluding hydrogens is 372 g/mol. The van der Waals surface area contributed by atoms with Crippen molar-refractivity contribution in [3.63, 3.8) is 0 Å². The van der Waals surface area contributed by atoms with Gasteiger partial charge in [0.05, 0.1) is 28.7 Å². The average Bonchev–Trinajstić information content (AvgIpc) is 3.33. The van der Waals surface area contributed by atoms with E-state index >= 15 is 0 Å². The Kier molecular flexibility index (Phi) is 5.62. The molecule has 2 N–H and O–H groups in total. The Morgan fingerprint density at radius 1 is 1.44 bits per heavy atom. The van der Waals surface area contributed by atoms with Gasteiger partial charge in [-0.05, 0) is 37.1 Å². The zero-order chi connectivity index (χ0) is 19.6. The Morgan fingerprint density at radius 3 is 2.85 bits per heavy atom. The first-order chi connectivity index (χ1) is 12.9. The van der Waals surface area contributed by atoms with Gasteiger partial charge in [0.25, 0.3) is 11.8 Å². The Morgan fingerprint density at radius 2 is 2.22 bits per heavy atom. The number of likely N-dealkylation sites (tertiary alicyclic amines) is 1. The van der Waals surface area contributed by atoms with Gasteiger partial charge in [-0.2, -0.15) is 0 Å². The fraction of sp³-hybridized carbons (Fsp3) is 0.389. The monoisotopic (exact) mass is 392 g/mol. The minimum Gasteiger partial charge on any atom is -0.481 e. The Balaban J connectivity index is 1.77. The van der Waals surface area contributed by atoms with Gasteiger partial charge in [0.15, 0.2) is 5.76 Å². The number of hydrogen-bond donors (Lipinski definition) is 2. The van der Waals surface area contributed by atoms with Gasteiger partial charge in [-0.15, -0.1) is 11.3 Å². The molecule has 8 nitrogen and oxygen atoms in total. The first kappa shape index (κ1) is 19.1. The standard InChI is InChI=1S/C18H20N2O6S/c1-10-6-14(19-17(23)13-4-3-5-26-13)27-16(10)18(24)20-9-12(25-2)7-11(20)8-15(21)22/h3-6,11-12H,7-9H2,1-2H3,(H,19,23)(H,21,22). The lowest BCUT2D eigenvalue weighted by Gasteiger charge is -2.22. The lowest BCUT2D eigenvalue weighted by atomic mass is 10.1. The van der Waals surface area contributed by atoms with Crippen LogP contribution in [0.15, 0.2) is 28.9 Å². The molecule has 0 radical (unpaired) electrons. The summed E-state index contributed by atoms with van der Waals surface area (Å²) in [6, 6.07) is 4.47. The number of anilines is 1. The molecular formula is C18H20N2O6S. The first-order valence-electron chi connectivity index (χ1n) is 8.40. The molecule has 1 fully saturated rings. The summed E-state index contributed by atoms with van der Waals surface area (Å²) in [6.45, 7) is 2.13. The van der Waals surface area contributed by atoms with Gasteiger partial charge in [0.2, 0.25) is 0 Å². The van der Waals surface area contributed by atoms with Crippen LogP contribution < -0.4 is 5.32 Å². The second-order valence-electron chi connectivity index (χ2n) is 6.36. The number of carboxylic acid groups (broad SMARTS) is 1. The Labute approximate surface area is 159 Å². The molecule has 2 aromatic heterocycles. The predicted molar refractivity (Wildman–Crippen MR) is 98.2 cm³/mol. The highest BCUT2D eigenvalue weighted by molar-refractivity contribution is 7.18. The van der Waals surface area contributed by atoms with Crippen LogP contribution in [-0.2, 0) is 9.53 Å². The SMILES string of the molecule is COC1CC(CC(=O)O)N(C(=O)c2sc(NC(=O)c3ccco3)cc2C)C1. The van der Waals surface area contributed by atoms with Crippen molar-refractivity contribution in [2.75, 3.05) is 19.0 Å². The van der Waals surface area contributed by atoms with Crippen molar-refractivity contribution in [1.82, 2.24) is 4.90 Å². The fourth-order valence-electron chi connectivity index (χ4n) is 3.16. The summed E-state index contributed by atoms with van der Waals surface area (Å²) in [5, 5.41) is 12.4. The number of rotatable bonds is 6. The van der Waals surface area contributed by atoms with Gasteiger partial charge in [0.1, 0.15) is 0 Å². The molecule has 1 aliphatic heterocycles. The summed E-state index contributed by atoms with van der Waals surface area (Å²) in [4.78, 5) is 38.3. The first-order valence-corrected chi connectivity index (χ1v) is 9.21. The number of carboxylic acids is 1. The number of nitrogens with zero attached hydrogens (tertiary/aromatic N) is 1. The highest BCUT2D eigenvalue weighted by Crippen LogP contribution is 2.32. The topological polar surface area (TPSA) is 109 Å². The maximum Gasteiger partial charge on any atom is 0.305 e. The van der Waals surface area contributed by atoms with Crippen LogP contribution in [0, 0.1) is 6.92 Å². The second kappa shape index (κ2) is 7.93. The number of nitrogens with one attached hydrogen (secondary N) is 1. The number of ether oxygens (including phenoxy) is 1. The normalized spacial score (nSPS) is 19.3. The van der Waals surface area contributed by atoms with Crippen LogP contribution in [0.25, 0.3) is 0 Å². The molecule has 0 spiro atoms. The van der Waals surface area contributed by atoms with E-state index < -0.39 is 17.9 Å². The van der Waals surface area contributed by atoms with Crippen LogP contribution in [0.2, 0.25) is 0 Å². The number of aryl methyl sites for hydroxylation is 1. The van der Waals surface area contributed by atoms with E-state index in [-0.39, 0.29) is 24.2 Å². The molecule has 0 aliphatic carbocycles. The number of carbonyl (C=O) groups excluding carboxylic acids is 2. The van der Waals surface area contributed by atoms with Crippen LogP contribution in [0.3, 0.4) is 0 Å². The van der Waals surface area contributed by atoms with Crippen LogP contribution in [0.4, 0.5) is 5.00 Å². The highest BCUT2D eigenvalue weighted by Gasteiger charge is 2.37. The minimum atomic E-state index is -0.955. The van der Waals surface area contributed by atoms with Crippen molar-refractivity contribution in [2.24, 2.45) is 0 Å². The molecule has 1 aliphatic rings. The number of hydrogen-bond acceptors (Lipinski definition) is 6. The van der Waals surface area contributed by atoms with E-state index in [4.69, 9.17) is 14.3 Å². The molecule has 27 heavy (non-hydrogen) atoms. The van der Waals surface area contributed by atoms with Crippen molar-refractivity contribution in [1.29, 1.82) is 0 Å². The lowest BCUT2D eigenvalue weighted by molar-refractivity contribution is -0.138. The van der Waals surface area contributed by atoms with Gasteiger partial charge in [0, 0.05) is 19.7 Å². The number of furan rings is 1. The quantitative estimate of drug-likeness (QED) is 0.782. The zero-order valence-electron chi connectivity index (χ0n) is 14.9. The third kappa shape index (κ3) is 4.20. The summed E-state index contributed by atoms with van der Waals surface area (Å²) < 4.78 is 10.4. The van der Waals surface area contributed by atoms with Crippen molar-refractivity contribution < 1.29 is 28.6 Å². The minimum absolute atomic E-state index is 0.127. The Bertz CT molecular complexity index is 844. The molecule has 144 valence electrons. The molecule has 0 bridgehead atoms. The third-order valence-corrected chi connectivity index (χ3v) is 5.61. The van der Waals surface area contributed by atoms with Gasteiger partial charge >= 0.3 is 5.97 Å². The van der Waals surface area contributed by atoms with E-state index in [2.05, 4.69) is 5.32 Å². The molecule has 3 rings (SSSR count). The molecule has 2 atom stereocenters. The molecule has 2 unspecified atom stereocenters. The van der Waals surface area contributed by atoms with Gasteiger partial charge in [-0.25, -0.2) is 0 Å². The van der Waals surface area contributed by atoms with Gasteiger partial charge < -0.3 is 24.5 Å². The largest absolute Gasteiger partial charge is 0.481 e. The summed E-state index contributed by atoms with van der Waals surface area (Å²) in [5.74, 6) is -1.42. The smallest absolute Gasteiger partial charge is 0.305 e. The van der Waals surface area contributed by atoms with Gasteiger partial charge in [-0.1, -0.05) is 0 Å². The number of aliphatic carboxylic acids is 1. The van der Waals surface area contributed by atoms with Crippen LogP contribution in [0.5, 0.6) is 0 Å². The molecule has 0 saturated carbocycles. The molecule has 3 heterocycles. The van der Waals surface area contributed by atoms with E-state index in [1.165, 1.54) is 6.26 Å². The second-order valence-corrected chi connectivity index (χ2v) is 7.41. The number of methoxy groups -OCH3 is 1. The van der Waals surface area contributed by atoms with Crippen LogP contribution >= 0.6 is 11.3 Å². The van der Waals surface area contributed by atoms with Crippen molar-refractivity contribution in [3.05, 3.63) is 40.7 Å². The lowest BCUT2D eigenvalue weighted by Crippen LogP contribution is -2.37. The van der Waals surface area contributed by atoms with Crippen molar-refractivity contribution >= 4 is 34.1 Å². The van der Waals surface area contributed by atoms with Crippen LogP contribution in [0.1, 0.15) is 38.6 Å². The maximum absolute atomic E-state index is 13.0. The van der Waals surface area contributed by atoms with E-state index in [1.54, 1.807) is 37.1 Å². The average molecular weight is 392 g/mol. The zero-order valence-corrected chi connectivity index (χ0v) is 15.7. The maximum atomic E-state index is 13.0. The number of carbonyl (C=O) groups is 3.